The van der Waals surface area contributed by atoms with Crippen molar-refractivity contribution >= 4 is 17.6 Å². The Labute approximate surface area is 164 Å². The first-order valence-electron chi connectivity index (χ1n) is 9.37. The van der Waals surface area contributed by atoms with Crippen molar-refractivity contribution in [3.8, 4) is 11.5 Å². The van der Waals surface area contributed by atoms with E-state index in [-0.39, 0.29) is 0 Å². The van der Waals surface area contributed by atoms with Crippen molar-refractivity contribution in [2.24, 2.45) is 0 Å². The molecule has 0 radical (unpaired) electrons. The predicted octanol–water partition coefficient (Wildman–Crippen LogP) is 3.77. The molecule has 0 heterocycles. The molecule has 3 rings (SSSR count). The molecule has 0 aliphatic heterocycles. The average Bonchev–Trinajstić information content (AvgIpc) is 2.73. The van der Waals surface area contributed by atoms with E-state index in [1.165, 1.54) is 24.7 Å². The van der Waals surface area contributed by atoms with Crippen LogP contribution in [0.3, 0.4) is 0 Å². The molecule has 1 atom stereocenters. The van der Waals surface area contributed by atoms with E-state index in [1.54, 1.807) is 38.3 Å². The maximum Gasteiger partial charge on any atom is 0.338 e. The Morgan fingerprint density at radius 1 is 0.929 bits per heavy atom. The van der Waals surface area contributed by atoms with Crippen LogP contribution in [-0.4, -0.2) is 32.2 Å². The highest BCUT2D eigenvalue weighted by Crippen LogP contribution is 2.30. The summed E-state index contributed by atoms with van der Waals surface area (Å²) >= 11 is 0. The first-order valence-corrected chi connectivity index (χ1v) is 9.37. The van der Waals surface area contributed by atoms with Gasteiger partial charge in [-0.2, -0.15) is 0 Å². The van der Waals surface area contributed by atoms with E-state index in [4.69, 9.17) is 14.2 Å². The standard InChI is InChI=1S/C22H25NO5/c1-14(21(24)23-18-10-11-19(26-2)20(13-18)27-3)28-22(25)17-9-8-15-6-4-5-7-16(15)12-17/h8-14H,4-7H2,1-3H3,(H,23,24)/t14-/m1/s1. The van der Waals surface area contributed by atoms with Gasteiger partial charge in [0.2, 0.25) is 0 Å². The topological polar surface area (TPSA) is 73.9 Å². The van der Waals surface area contributed by atoms with Crippen LogP contribution in [0.1, 0.15) is 41.3 Å². The number of fused-ring (bicyclic) bond motifs is 1. The van der Waals surface area contributed by atoms with Gasteiger partial charge in [0.25, 0.3) is 5.91 Å². The highest BCUT2D eigenvalue weighted by Gasteiger charge is 2.21. The van der Waals surface area contributed by atoms with Crippen molar-refractivity contribution < 1.29 is 23.8 Å². The van der Waals surface area contributed by atoms with Crippen molar-refractivity contribution in [3.05, 3.63) is 53.1 Å². The van der Waals surface area contributed by atoms with Gasteiger partial charge in [0.1, 0.15) is 0 Å². The van der Waals surface area contributed by atoms with Gasteiger partial charge in [-0.15, -0.1) is 0 Å². The van der Waals surface area contributed by atoms with Crippen LogP contribution >= 0.6 is 0 Å². The van der Waals surface area contributed by atoms with Crippen LogP contribution in [0.5, 0.6) is 11.5 Å². The fraction of sp³-hybridized carbons (Fsp3) is 0.364. The SMILES string of the molecule is COc1ccc(NC(=O)[C@@H](C)OC(=O)c2ccc3c(c2)CCCC3)cc1OC. The Hall–Kier alpha value is -3.02. The lowest BCUT2D eigenvalue weighted by atomic mass is 9.90. The second-order valence-electron chi connectivity index (χ2n) is 6.80. The molecular weight excluding hydrogens is 358 g/mol. The number of benzene rings is 2. The monoisotopic (exact) mass is 383 g/mol. The Bertz CT molecular complexity index is 877. The summed E-state index contributed by atoms with van der Waals surface area (Å²) in [6.45, 7) is 1.55. The molecule has 6 heteroatoms. The first-order chi connectivity index (χ1) is 13.5. The summed E-state index contributed by atoms with van der Waals surface area (Å²) in [5.41, 5.74) is 3.50. The molecule has 1 N–H and O–H groups in total. The maximum absolute atomic E-state index is 12.4. The molecule has 0 fully saturated rings. The molecule has 0 bridgehead atoms. The average molecular weight is 383 g/mol. The Morgan fingerprint density at radius 3 is 2.36 bits per heavy atom. The normalized spacial score (nSPS) is 13.8. The molecule has 0 saturated carbocycles. The number of carbonyl (C=O) groups is 2. The predicted molar refractivity (Wildman–Crippen MR) is 106 cm³/mol. The van der Waals surface area contributed by atoms with Crippen LogP contribution in [0.4, 0.5) is 5.69 Å². The molecule has 1 aliphatic carbocycles. The minimum absolute atomic E-state index is 0.418. The zero-order chi connectivity index (χ0) is 20.1. The van der Waals surface area contributed by atoms with Crippen LogP contribution in [0.15, 0.2) is 36.4 Å². The molecule has 0 spiro atoms. The van der Waals surface area contributed by atoms with Gasteiger partial charge in [-0.3, -0.25) is 4.79 Å². The number of esters is 1. The number of hydrogen-bond acceptors (Lipinski definition) is 5. The van der Waals surface area contributed by atoms with E-state index in [9.17, 15) is 9.59 Å². The Morgan fingerprint density at radius 2 is 1.64 bits per heavy atom. The fourth-order valence-electron chi connectivity index (χ4n) is 3.30. The van der Waals surface area contributed by atoms with Crippen molar-refractivity contribution in [2.75, 3.05) is 19.5 Å². The summed E-state index contributed by atoms with van der Waals surface area (Å²) in [7, 11) is 3.06. The van der Waals surface area contributed by atoms with Crippen molar-refractivity contribution in [1.82, 2.24) is 0 Å². The second kappa shape index (κ2) is 8.78. The number of rotatable bonds is 6. The van der Waals surface area contributed by atoms with Gasteiger partial charge < -0.3 is 19.5 Å². The van der Waals surface area contributed by atoms with Crippen LogP contribution < -0.4 is 14.8 Å². The summed E-state index contributed by atoms with van der Waals surface area (Å²) in [6.07, 6.45) is 3.41. The molecule has 148 valence electrons. The third kappa shape index (κ3) is 4.44. The van der Waals surface area contributed by atoms with E-state index in [0.29, 0.717) is 22.7 Å². The minimum Gasteiger partial charge on any atom is -0.493 e. The van der Waals surface area contributed by atoms with Crippen molar-refractivity contribution in [2.45, 2.75) is 38.7 Å². The molecule has 2 aromatic carbocycles. The number of methoxy groups -OCH3 is 2. The summed E-state index contributed by atoms with van der Waals surface area (Å²) in [5.74, 6) is 0.147. The molecule has 28 heavy (non-hydrogen) atoms. The number of anilines is 1. The zero-order valence-corrected chi connectivity index (χ0v) is 16.4. The summed E-state index contributed by atoms with van der Waals surface area (Å²) in [4.78, 5) is 24.8. The molecule has 2 aromatic rings. The van der Waals surface area contributed by atoms with Crippen molar-refractivity contribution in [1.29, 1.82) is 0 Å². The van der Waals surface area contributed by atoms with Crippen molar-refractivity contribution in [3.63, 3.8) is 0 Å². The number of hydrogen-bond donors (Lipinski definition) is 1. The van der Waals surface area contributed by atoms with Gasteiger partial charge in [0, 0.05) is 11.8 Å². The zero-order valence-electron chi connectivity index (χ0n) is 16.4. The molecule has 0 aromatic heterocycles. The quantitative estimate of drug-likeness (QED) is 0.769. The summed E-state index contributed by atoms with van der Waals surface area (Å²) in [5, 5.41) is 2.72. The minimum atomic E-state index is -0.934. The number of carbonyl (C=O) groups excluding carboxylic acids is 2. The third-order valence-electron chi connectivity index (χ3n) is 4.89. The molecule has 1 aliphatic rings. The van der Waals surface area contributed by atoms with Crippen LogP contribution in [0, 0.1) is 0 Å². The van der Waals surface area contributed by atoms with E-state index < -0.39 is 18.0 Å². The third-order valence-corrected chi connectivity index (χ3v) is 4.89. The summed E-state index contributed by atoms with van der Waals surface area (Å²) in [6, 6.07) is 10.7. The smallest absolute Gasteiger partial charge is 0.338 e. The first kappa shape index (κ1) is 19.7. The number of ether oxygens (including phenoxy) is 3. The van der Waals surface area contributed by atoms with E-state index >= 15 is 0 Å². The van der Waals surface area contributed by atoms with Crippen LogP contribution in [-0.2, 0) is 22.4 Å². The van der Waals surface area contributed by atoms with E-state index in [0.717, 1.165) is 19.3 Å². The lowest BCUT2D eigenvalue weighted by Crippen LogP contribution is -2.30. The largest absolute Gasteiger partial charge is 0.493 e. The van der Waals surface area contributed by atoms with Gasteiger partial charge in [-0.25, -0.2) is 4.79 Å². The van der Waals surface area contributed by atoms with Crippen LogP contribution in [0.25, 0.3) is 0 Å². The molecular formula is C22H25NO5. The molecule has 6 nitrogen and oxygen atoms in total. The Balaban J connectivity index is 1.63. The highest BCUT2D eigenvalue weighted by molar-refractivity contribution is 5.97. The lowest BCUT2D eigenvalue weighted by molar-refractivity contribution is -0.123. The lowest BCUT2D eigenvalue weighted by Gasteiger charge is -2.17. The molecule has 0 unspecified atom stereocenters. The molecule has 0 saturated heterocycles. The fourth-order valence-corrected chi connectivity index (χ4v) is 3.30. The second-order valence-corrected chi connectivity index (χ2v) is 6.80. The van der Waals surface area contributed by atoms with Crippen LogP contribution in [0.2, 0.25) is 0 Å². The highest BCUT2D eigenvalue weighted by atomic mass is 16.5. The summed E-state index contributed by atoms with van der Waals surface area (Å²) < 4.78 is 15.8. The maximum atomic E-state index is 12.4. The number of aryl methyl sites for hydroxylation is 2. The number of nitrogens with one attached hydrogen (secondary N) is 1. The molecule has 1 amide bonds. The van der Waals surface area contributed by atoms with Gasteiger partial charge in [0.05, 0.1) is 19.8 Å². The van der Waals surface area contributed by atoms with Gasteiger partial charge in [-0.05, 0) is 68.0 Å². The Kier molecular flexibility index (Phi) is 6.19. The van der Waals surface area contributed by atoms with E-state index in [1.807, 2.05) is 12.1 Å². The van der Waals surface area contributed by atoms with Gasteiger partial charge in [-0.1, -0.05) is 6.07 Å². The van der Waals surface area contributed by atoms with Gasteiger partial charge in [0.15, 0.2) is 17.6 Å². The number of amides is 1. The van der Waals surface area contributed by atoms with Gasteiger partial charge >= 0.3 is 5.97 Å². The van der Waals surface area contributed by atoms with E-state index in [2.05, 4.69) is 5.32 Å².